The van der Waals surface area contributed by atoms with Crippen LogP contribution in [0.5, 0.6) is 0 Å². The Morgan fingerprint density at radius 2 is 1.93 bits per heavy atom. The van der Waals surface area contributed by atoms with E-state index >= 15 is 0 Å². The maximum atomic E-state index is 10.6. The molecule has 0 unspecified atom stereocenters. The number of aromatic nitrogens is 2. The van der Waals surface area contributed by atoms with Gasteiger partial charge in [-0.3, -0.25) is 0 Å². The topological polar surface area (TPSA) is 78.3 Å². The smallest absolute Gasteiger partial charge is 0.475 e. The number of nitrogens with zero attached hydrogens (tertiary/aromatic N) is 3. The van der Waals surface area contributed by atoms with Crippen LogP contribution in [0.2, 0.25) is 5.02 Å². The fourth-order valence-electron chi connectivity index (χ4n) is 2.50. The number of hydrogen-bond donors (Lipinski definition) is 2. The van der Waals surface area contributed by atoms with Crippen molar-refractivity contribution in [2.75, 3.05) is 25.0 Å². The molecule has 2 heterocycles. The maximum Gasteiger partial charge on any atom is 0.490 e. The molecule has 1 aliphatic heterocycles. The molecule has 1 fully saturated rings. The van der Waals surface area contributed by atoms with Crippen molar-refractivity contribution in [2.45, 2.75) is 25.1 Å². The molecule has 1 atom stereocenters. The zero-order chi connectivity index (χ0) is 20.9. The zero-order valence-electron chi connectivity index (χ0n) is 15.2. The molecule has 152 valence electrons. The minimum absolute atomic E-state index is 0.154. The van der Waals surface area contributed by atoms with Crippen LogP contribution in [-0.4, -0.2) is 47.4 Å². The normalized spacial score (nSPS) is 15.1. The summed E-state index contributed by atoms with van der Waals surface area (Å²) in [5.74, 6) is -1.32. The van der Waals surface area contributed by atoms with Gasteiger partial charge in [-0.2, -0.15) is 13.2 Å². The highest BCUT2D eigenvalue weighted by Crippen LogP contribution is 2.30. The summed E-state index contributed by atoms with van der Waals surface area (Å²) < 4.78 is 31.7. The molecule has 3 rings (SSSR count). The second-order valence-electron chi connectivity index (χ2n) is 6.27. The molecular formula is C18H20ClF3N4O2. The van der Waals surface area contributed by atoms with Crippen molar-refractivity contribution >= 4 is 23.4 Å². The van der Waals surface area contributed by atoms with Gasteiger partial charge in [0.15, 0.2) is 0 Å². The summed E-state index contributed by atoms with van der Waals surface area (Å²) in [4.78, 5) is 19.8. The van der Waals surface area contributed by atoms with Gasteiger partial charge in [0.25, 0.3) is 0 Å². The van der Waals surface area contributed by atoms with E-state index in [1.165, 1.54) is 0 Å². The Morgan fingerprint density at radius 1 is 1.32 bits per heavy atom. The lowest BCUT2D eigenvalue weighted by Crippen LogP contribution is -2.40. The zero-order valence-corrected chi connectivity index (χ0v) is 16.0. The van der Waals surface area contributed by atoms with Gasteiger partial charge in [-0.05, 0) is 18.6 Å². The molecule has 2 N–H and O–H groups in total. The van der Waals surface area contributed by atoms with Gasteiger partial charge in [0, 0.05) is 37.1 Å². The Balaban J connectivity index is 0.000000345. The van der Waals surface area contributed by atoms with E-state index in [9.17, 15) is 13.2 Å². The molecular weight excluding hydrogens is 397 g/mol. The highest BCUT2D eigenvalue weighted by Gasteiger charge is 2.38. The number of hydrogen-bond acceptors (Lipinski definition) is 5. The second-order valence-corrected chi connectivity index (χ2v) is 6.67. The third-order valence-corrected chi connectivity index (χ3v) is 4.76. The number of carbonyl (C=O) groups is 1. The van der Waals surface area contributed by atoms with Crippen molar-refractivity contribution in [1.29, 1.82) is 0 Å². The van der Waals surface area contributed by atoms with Crippen LogP contribution in [0.3, 0.4) is 0 Å². The van der Waals surface area contributed by atoms with Gasteiger partial charge in [-0.25, -0.2) is 14.8 Å². The molecule has 0 saturated carbocycles. The van der Waals surface area contributed by atoms with Crippen molar-refractivity contribution in [3.8, 4) is 0 Å². The Kier molecular flexibility index (Phi) is 7.20. The van der Waals surface area contributed by atoms with Gasteiger partial charge in [-0.1, -0.05) is 29.8 Å². The Labute approximate surface area is 165 Å². The fraction of sp³-hybridized carbons (Fsp3) is 0.389. The molecule has 28 heavy (non-hydrogen) atoms. The van der Waals surface area contributed by atoms with Crippen LogP contribution in [0.15, 0.2) is 36.7 Å². The average molecular weight is 417 g/mol. The minimum atomic E-state index is -5.08. The number of alkyl halides is 3. The molecule has 6 nitrogen and oxygen atoms in total. The van der Waals surface area contributed by atoms with Crippen molar-refractivity contribution < 1.29 is 23.1 Å². The van der Waals surface area contributed by atoms with Crippen LogP contribution in [0.4, 0.5) is 19.0 Å². The van der Waals surface area contributed by atoms with Gasteiger partial charge < -0.3 is 15.3 Å². The Hall–Kier alpha value is -2.39. The summed E-state index contributed by atoms with van der Waals surface area (Å²) in [5, 5.41) is 11.2. The number of carboxylic acids is 1. The molecule has 1 saturated heterocycles. The van der Waals surface area contributed by atoms with Crippen LogP contribution in [0, 0.1) is 0 Å². The van der Waals surface area contributed by atoms with E-state index in [-0.39, 0.29) is 6.04 Å². The first-order valence-corrected chi connectivity index (χ1v) is 8.79. The van der Waals surface area contributed by atoms with Crippen LogP contribution in [0.1, 0.15) is 30.1 Å². The molecule has 1 aliphatic rings. The number of nitrogens with one attached hydrogen (secondary N) is 1. The highest BCUT2D eigenvalue weighted by molar-refractivity contribution is 6.31. The first-order chi connectivity index (χ1) is 13.1. The highest BCUT2D eigenvalue weighted by atomic mass is 35.5. The van der Waals surface area contributed by atoms with Crippen molar-refractivity contribution in [1.82, 2.24) is 15.3 Å². The molecule has 0 radical (unpaired) electrons. The largest absolute Gasteiger partial charge is 0.490 e. The van der Waals surface area contributed by atoms with Gasteiger partial charge in [0.05, 0.1) is 11.7 Å². The van der Waals surface area contributed by atoms with Crippen molar-refractivity contribution in [3.63, 3.8) is 0 Å². The molecule has 1 aromatic heterocycles. The number of rotatable bonds is 4. The van der Waals surface area contributed by atoms with Crippen LogP contribution < -0.4 is 10.2 Å². The van der Waals surface area contributed by atoms with Gasteiger partial charge >= 0.3 is 12.1 Å². The van der Waals surface area contributed by atoms with E-state index < -0.39 is 12.1 Å². The minimum Gasteiger partial charge on any atom is -0.475 e. The quantitative estimate of drug-likeness (QED) is 0.792. The summed E-state index contributed by atoms with van der Waals surface area (Å²) in [7, 11) is 2.04. The van der Waals surface area contributed by atoms with E-state index in [1.54, 1.807) is 6.33 Å². The molecule has 0 bridgehead atoms. The summed E-state index contributed by atoms with van der Waals surface area (Å²) in [6, 6.07) is 10.2. The predicted octanol–water partition coefficient (Wildman–Crippen LogP) is 3.65. The van der Waals surface area contributed by atoms with Crippen LogP contribution in [0.25, 0.3) is 0 Å². The van der Waals surface area contributed by atoms with Crippen molar-refractivity contribution in [3.05, 3.63) is 52.9 Å². The van der Waals surface area contributed by atoms with Gasteiger partial charge in [0.2, 0.25) is 0 Å². The molecule has 2 aromatic rings. The lowest BCUT2D eigenvalue weighted by molar-refractivity contribution is -0.192. The molecule has 0 aliphatic carbocycles. The third-order valence-electron chi connectivity index (χ3n) is 4.41. The summed E-state index contributed by atoms with van der Waals surface area (Å²) in [6.07, 6.45) is -3.43. The first kappa shape index (κ1) is 21.9. The average Bonchev–Trinajstić information content (AvgIpc) is 2.59. The van der Waals surface area contributed by atoms with Crippen LogP contribution >= 0.6 is 11.6 Å². The summed E-state index contributed by atoms with van der Waals surface area (Å²) in [6.45, 7) is 4.13. The number of halogens is 4. The Bertz CT molecular complexity index is 815. The standard InChI is InChI=1S/C16H19ClN4.C2HF3O2/c1-11(13-5-3-4-6-14(13)17)21(2)16-7-15(19-10-20-16)12-8-18-9-12;3-2(4,5)1(6)7/h3-7,10-12,18H,8-9H2,1-2H3;(H,6,7)/t11-;/m0./s1. The monoisotopic (exact) mass is 416 g/mol. The maximum absolute atomic E-state index is 10.6. The van der Waals surface area contributed by atoms with Gasteiger partial charge in [0.1, 0.15) is 12.1 Å². The fourth-order valence-corrected chi connectivity index (χ4v) is 2.79. The summed E-state index contributed by atoms with van der Waals surface area (Å²) >= 11 is 6.30. The SMILES string of the molecule is C[C@@H](c1ccccc1Cl)N(C)c1cc(C2CNC2)ncn1.O=C(O)C(F)(F)F. The summed E-state index contributed by atoms with van der Waals surface area (Å²) in [5.41, 5.74) is 2.21. The van der Waals surface area contributed by atoms with E-state index in [0.717, 1.165) is 35.2 Å². The molecule has 10 heteroatoms. The molecule has 1 aromatic carbocycles. The molecule has 0 amide bonds. The lowest BCUT2D eigenvalue weighted by atomic mass is 9.99. The van der Waals surface area contributed by atoms with Crippen LogP contribution in [-0.2, 0) is 4.79 Å². The number of carboxylic acid groups (broad SMARTS) is 1. The number of anilines is 1. The first-order valence-electron chi connectivity index (χ1n) is 8.41. The third kappa shape index (κ3) is 5.56. The Morgan fingerprint density at radius 3 is 2.43 bits per heavy atom. The van der Waals surface area contributed by atoms with E-state index in [2.05, 4.69) is 39.2 Å². The number of benzene rings is 1. The predicted molar refractivity (Wildman–Crippen MR) is 99.6 cm³/mol. The lowest BCUT2D eigenvalue weighted by Gasteiger charge is -2.29. The van der Waals surface area contributed by atoms with Crippen molar-refractivity contribution in [2.24, 2.45) is 0 Å². The molecule has 0 spiro atoms. The number of aliphatic carboxylic acids is 1. The van der Waals surface area contributed by atoms with E-state index in [0.29, 0.717) is 5.92 Å². The second kappa shape index (κ2) is 9.20. The van der Waals surface area contributed by atoms with E-state index in [1.807, 2.05) is 25.2 Å². The van der Waals surface area contributed by atoms with Gasteiger partial charge in [-0.15, -0.1) is 0 Å². The van der Waals surface area contributed by atoms with E-state index in [4.69, 9.17) is 21.5 Å².